The third-order valence-electron chi connectivity index (χ3n) is 3.95. The fraction of sp³-hybridized carbons (Fsp3) is 0.333. The minimum atomic E-state index is -0.266. The lowest BCUT2D eigenvalue weighted by atomic mass is 10.1. The van der Waals surface area contributed by atoms with Gasteiger partial charge >= 0.3 is 0 Å². The molecule has 0 unspecified atom stereocenters. The van der Waals surface area contributed by atoms with E-state index in [9.17, 15) is 4.79 Å². The third-order valence-corrected chi connectivity index (χ3v) is 4.54. The number of para-hydroxylation sites is 1. The standard InChI is InChI=1S/C21H23ClN2O3/c1-15-13-18(14-16(2)21(15)22)26-11-12-27-19-6-4-3-5-17(19)8-10-24-20(25)7-9-23/h3-6,13-14H,7-8,10-12H2,1-2H3,(H,24,25). The van der Waals surface area contributed by atoms with E-state index in [1.807, 2.05) is 56.3 Å². The monoisotopic (exact) mass is 386 g/mol. The molecule has 0 heterocycles. The molecule has 27 heavy (non-hydrogen) atoms. The first kappa shape index (κ1) is 20.6. The van der Waals surface area contributed by atoms with Gasteiger partial charge in [-0.1, -0.05) is 29.8 Å². The number of hydrogen-bond donors (Lipinski definition) is 1. The summed E-state index contributed by atoms with van der Waals surface area (Å²) in [6.07, 6.45) is 0.503. The van der Waals surface area contributed by atoms with Crippen molar-refractivity contribution in [1.29, 1.82) is 5.26 Å². The van der Waals surface area contributed by atoms with Gasteiger partial charge in [-0.2, -0.15) is 5.26 Å². The first-order chi connectivity index (χ1) is 13.0. The number of nitrogens with zero attached hydrogens (tertiary/aromatic N) is 1. The summed E-state index contributed by atoms with van der Waals surface area (Å²) in [5, 5.41) is 12.0. The van der Waals surface area contributed by atoms with Crippen molar-refractivity contribution in [2.45, 2.75) is 26.7 Å². The van der Waals surface area contributed by atoms with Crippen LogP contribution in [0.4, 0.5) is 0 Å². The lowest BCUT2D eigenvalue weighted by Gasteiger charge is -2.13. The summed E-state index contributed by atoms with van der Waals surface area (Å²) >= 11 is 6.16. The van der Waals surface area contributed by atoms with Crippen LogP contribution in [0.1, 0.15) is 23.1 Å². The van der Waals surface area contributed by atoms with Crippen molar-refractivity contribution < 1.29 is 14.3 Å². The molecule has 0 aliphatic rings. The number of nitrogens with one attached hydrogen (secondary N) is 1. The van der Waals surface area contributed by atoms with Crippen LogP contribution in [0.3, 0.4) is 0 Å². The summed E-state index contributed by atoms with van der Waals surface area (Å²) in [5.41, 5.74) is 2.96. The molecule has 0 fully saturated rings. The highest BCUT2D eigenvalue weighted by Gasteiger charge is 2.06. The fourth-order valence-electron chi connectivity index (χ4n) is 2.62. The van der Waals surface area contributed by atoms with Crippen LogP contribution < -0.4 is 14.8 Å². The summed E-state index contributed by atoms with van der Waals surface area (Å²) in [7, 11) is 0. The molecule has 0 aliphatic heterocycles. The van der Waals surface area contributed by atoms with Gasteiger partial charge in [-0.15, -0.1) is 0 Å². The van der Waals surface area contributed by atoms with Crippen LogP contribution in [0.2, 0.25) is 5.02 Å². The molecule has 142 valence electrons. The molecule has 1 amide bonds. The molecule has 5 nitrogen and oxygen atoms in total. The van der Waals surface area contributed by atoms with E-state index >= 15 is 0 Å². The summed E-state index contributed by atoms with van der Waals surface area (Å²) < 4.78 is 11.6. The van der Waals surface area contributed by atoms with Crippen LogP contribution in [-0.2, 0) is 11.2 Å². The Kier molecular flexibility index (Phi) is 7.97. The average Bonchev–Trinajstić information content (AvgIpc) is 2.64. The Morgan fingerprint density at radius 1 is 1.15 bits per heavy atom. The van der Waals surface area contributed by atoms with Crippen LogP contribution in [0.15, 0.2) is 36.4 Å². The van der Waals surface area contributed by atoms with Gasteiger partial charge in [-0.05, 0) is 55.2 Å². The number of hydrogen-bond acceptors (Lipinski definition) is 4. The van der Waals surface area contributed by atoms with Gasteiger partial charge in [-0.25, -0.2) is 0 Å². The third kappa shape index (κ3) is 6.50. The number of benzene rings is 2. The van der Waals surface area contributed by atoms with Crippen LogP contribution in [-0.4, -0.2) is 25.7 Å². The van der Waals surface area contributed by atoms with Crippen LogP contribution in [0.25, 0.3) is 0 Å². The number of nitriles is 1. The SMILES string of the molecule is Cc1cc(OCCOc2ccccc2CCNC(=O)CC#N)cc(C)c1Cl. The number of ether oxygens (including phenoxy) is 2. The lowest BCUT2D eigenvalue weighted by molar-refractivity contribution is -0.120. The minimum Gasteiger partial charge on any atom is -0.490 e. The number of aryl methyl sites for hydroxylation is 2. The van der Waals surface area contributed by atoms with Crippen molar-refractivity contribution in [2.75, 3.05) is 19.8 Å². The smallest absolute Gasteiger partial charge is 0.234 e. The van der Waals surface area contributed by atoms with E-state index in [0.717, 1.165) is 33.2 Å². The summed E-state index contributed by atoms with van der Waals surface area (Å²) in [6.45, 7) is 5.17. The zero-order valence-corrected chi connectivity index (χ0v) is 16.3. The number of carbonyl (C=O) groups excluding carboxylic acids is 1. The Balaban J connectivity index is 1.82. The van der Waals surface area contributed by atoms with Gasteiger partial charge in [0.25, 0.3) is 0 Å². The molecule has 2 aromatic carbocycles. The molecule has 6 heteroatoms. The van der Waals surface area contributed by atoms with Gasteiger partial charge in [0.2, 0.25) is 5.91 Å². The van der Waals surface area contributed by atoms with E-state index < -0.39 is 0 Å². The van der Waals surface area contributed by atoms with E-state index in [4.69, 9.17) is 26.3 Å². The zero-order valence-electron chi connectivity index (χ0n) is 15.5. The largest absolute Gasteiger partial charge is 0.490 e. The van der Waals surface area contributed by atoms with Gasteiger partial charge in [0.1, 0.15) is 31.1 Å². The molecule has 0 atom stereocenters. The molecule has 0 spiro atoms. The molecule has 2 aromatic rings. The Bertz CT molecular complexity index is 807. The van der Waals surface area contributed by atoms with Crippen molar-refractivity contribution in [2.24, 2.45) is 0 Å². The number of rotatable bonds is 9. The highest BCUT2D eigenvalue weighted by atomic mass is 35.5. The fourth-order valence-corrected chi connectivity index (χ4v) is 2.73. The molecule has 0 aromatic heterocycles. The molecule has 0 aliphatic carbocycles. The molecule has 0 radical (unpaired) electrons. The van der Waals surface area contributed by atoms with E-state index in [1.54, 1.807) is 0 Å². The molecule has 1 N–H and O–H groups in total. The van der Waals surface area contributed by atoms with E-state index in [2.05, 4.69) is 5.32 Å². The zero-order chi connectivity index (χ0) is 19.6. The van der Waals surface area contributed by atoms with Crippen molar-refractivity contribution in [3.05, 3.63) is 58.1 Å². The second-order valence-corrected chi connectivity index (χ2v) is 6.49. The normalized spacial score (nSPS) is 10.1. The Morgan fingerprint density at radius 3 is 2.52 bits per heavy atom. The Labute approximate surface area is 164 Å². The first-order valence-corrected chi connectivity index (χ1v) is 9.13. The minimum absolute atomic E-state index is 0.126. The molecule has 2 rings (SSSR count). The van der Waals surface area contributed by atoms with Gasteiger partial charge < -0.3 is 14.8 Å². The number of halogens is 1. The highest BCUT2D eigenvalue weighted by Crippen LogP contribution is 2.26. The van der Waals surface area contributed by atoms with Crippen molar-refractivity contribution in [3.63, 3.8) is 0 Å². The predicted octanol–water partition coefficient (Wildman–Crippen LogP) is 3.99. The van der Waals surface area contributed by atoms with Crippen LogP contribution >= 0.6 is 11.6 Å². The maximum atomic E-state index is 11.3. The Hall–Kier alpha value is -2.71. The predicted molar refractivity (Wildman–Crippen MR) is 105 cm³/mol. The van der Waals surface area contributed by atoms with Crippen molar-refractivity contribution >= 4 is 17.5 Å². The number of amides is 1. The molecule has 0 bridgehead atoms. The quantitative estimate of drug-likeness (QED) is 0.661. The molecular formula is C21H23ClN2O3. The summed E-state index contributed by atoms with van der Waals surface area (Å²) in [4.78, 5) is 11.3. The second-order valence-electron chi connectivity index (χ2n) is 6.11. The molecule has 0 saturated heterocycles. The van der Waals surface area contributed by atoms with E-state index in [1.165, 1.54) is 0 Å². The van der Waals surface area contributed by atoms with Crippen LogP contribution in [0.5, 0.6) is 11.5 Å². The second kappa shape index (κ2) is 10.4. The van der Waals surface area contributed by atoms with E-state index in [-0.39, 0.29) is 12.3 Å². The van der Waals surface area contributed by atoms with Gasteiger partial charge in [0, 0.05) is 11.6 Å². The van der Waals surface area contributed by atoms with Gasteiger partial charge in [0.05, 0.1) is 6.07 Å². The maximum absolute atomic E-state index is 11.3. The maximum Gasteiger partial charge on any atom is 0.234 e. The van der Waals surface area contributed by atoms with Crippen molar-refractivity contribution in [3.8, 4) is 17.6 Å². The summed E-state index contributed by atoms with van der Waals surface area (Å²) in [5.74, 6) is 1.27. The topological polar surface area (TPSA) is 71.3 Å². The van der Waals surface area contributed by atoms with Gasteiger partial charge in [-0.3, -0.25) is 4.79 Å². The number of carbonyl (C=O) groups is 1. The average molecular weight is 387 g/mol. The van der Waals surface area contributed by atoms with Crippen LogP contribution in [0, 0.1) is 25.2 Å². The van der Waals surface area contributed by atoms with Crippen molar-refractivity contribution in [1.82, 2.24) is 5.32 Å². The summed E-state index contributed by atoms with van der Waals surface area (Å²) in [6, 6.07) is 13.3. The lowest BCUT2D eigenvalue weighted by Crippen LogP contribution is -2.25. The first-order valence-electron chi connectivity index (χ1n) is 8.75. The van der Waals surface area contributed by atoms with E-state index in [0.29, 0.717) is 26.2 Å². The highest BCUT2D eigenvalue weighted by molar-refractivity contribution is 6.32. The molecular weight excluding hydrogens is 364 g/mol. The Morgan fingerprint density at radius 2 is 1.81 bits per heavy atom. The van der Waals surface area contributed by atoms with Gasteiger partial charge in [0.15, 0.2) is 0 Å². The molecule has 0 saturated carbocycles.